The van der Waals surface area contributed by atoms with E-state index in [2.05, 4.69) is 12.2 Å². The number of fused-ring (bicyclic) bond motifs is 1. The Kier molecular flexibility index (Phi) is 4.45. The van der Waals surface area contributed by atoms with Gasteiger partial charge >= 0.3 is 0 Å². The molecule has 4 heteroatoms. The molecule has 2 rings (SSSR count). The Labute approximate surface area is 126 Å². The second-order valence-electron chi connectivity index (χ2n) is 6.57. The molecule has 1 aliphatic rings. The molecule has 1 aliphatic heterocycles. The van der Waals surface area contributed by atoms with Crippen LogP contribution < -0.4 is 14.8 Å². The van der Waals surface area contributed by atoms with Crippen molar-refractivity contribution in [2.24, 2.45) is 5.41 Å². The summed E-state index contributed by atoms with van der Waals surface area (Å²) in [4.78, 5) is 12.0. The minimum absolute atomic E-state index is 0.0275. The third-order valence-corrected chi connectivity index (χ3v) is 3.50. The van der Waals surface area contributed by atoms with Gasteiger partial charge in [-0.3, -0.25) is 4.79 Å². The second-order valence-corrected chi connectivity index (χ2v) is 6.57. The Morgan fingerprint density at radius 2 is 2.14 bits per heavy atom. The van der Waals surface area contributed by atoms with Crippen LogP contribution in [0.25, 0.3) is 0 Å². The molecule has 1 unspecified atom stereocenters. The molecule has 1 aromatic carbocycles. The van der Waals surface area contributed by atoms with Gasteiger partial charge in [0.05, 0.1) is 6.61 Å². The molecule has 0 spiro atoms. The summed E-state index contributed by atoms with van der Waals surface area (Å²) in [6, 6.07) is 4.04. The molecule has 0 saturated heterocycles. The predicted molar refractivity (Wildman–Crippen MR) is 82.7 cm³/mol. The van der Waals surface area contributed by atoms with Gasteiger partial charge in [-0.1, -0.05) is 20.8 Å². The number of benzene rings is 1. The van der Waals surface area contributed by atoms with Crippen molar-refractivity contribution < 1.29 is 14.3 Å². The highest BCUT2D eigenvalue weighted by atomic mass is 16.5. The SMILES string of the molecule is CCOc1cc2c(cc1CNC(=O)C(C)(C)C)OC(C)C2. The number of nitrogens with one attached hydrogen (secondary N) is 1. The van der Waals surface area contributed by atoms with Crippen LogP contribution in [-0.4, -0.2) is 18.6 Å². The van der Waals surface area contributed by atoms with Crippen LogP contribution in [0.2, 0.25) is 0 Å². The molecule has 116 valence electrons. The highest BCUT2D eigenvalue weighted by Crippen LogP contribution is 2.35. The molecule has 0 saturated carbocycles. The zero-order valence-electron chi connectivity index (χ0n) is 13.6. The summed E-state index contributed by atoms with van der Waals surface area (Å²) in [5.41, 5.74) is 1.74. The van der Waals surface area contributed by atoms with Gasteiger partial charge in [-0.25, -0.2) is 0 Å². The number of hydrogen-bond acceptors (Lipinski definition) is 3. The first-order valence-corrected chi connectivity index (χ1v) is 7.54. The average molecular weight is 291 g/mol. The van der Waals surface area contributed by atoms with E-state index in [1.54, 1.807) is 0 Å². The number of ether oxygens (including phenoxy) is 2. The summed E-state index contributed by atoms with van der Waals surface area (Å²) in [6.45, 7) is 10.8. The van der Waals surface area contributed by atoms with Crippen LogP contribution in [0.4, 0.5) is 0 Å². The molecule has 1 aromatic rings. The van der Waals surface area contributed by atoms with Crippen molar-refractivity contribution in [3.63, 3.8) is 0 Å². The first-order chi connectivity index (χ1) is 9.81. The quantitative estimate of drug-likeness (QED) is 0.927. The number of rotatable bonds is 4. The van der Waals surface area contributed by atoms with Gasteiger partial charge in [-0.05, 0) is 26.0 Å². The van der Waals surface area contributed by atoms with Crippen LogP contribution in [0.3, 0.4) is 0 Å². The maximum atomic E-state index is 12.0. The maximum absolute atomic E-state index is 12.0. The van der Waals surface area contributed by atoms with Gasteiger partial charge in [0.25, 0.3) is 0 Å². The molecule has 0 aliphatic carbocycles. The molecule has 1 amide bonds. The number of carbonyl (C=O) groups is 1. The topological polar surface area (TPSA) is 47.6 Å². The van der Waals surface area contributed by atoms with E-state index in [9.17, 15) is 4.79 Å². The number of amides is 1. The van der Waals surface area contributed by atoms with Gasteiger partial charge in [0.15, 0.2) is 0 Å². The van der Waals surface area contributed by atoms with Crippen LogP contribution in [-0.2, 0) is 17.8 Å². The Morgan fingerprint density at radius 1 is 1.43 bits per heavy atom. The van der Waals surface area contributed by atoms with Crippen molar-refractivity contribution in [1.82, 2.24) is 5.32 Å². The Hall–Kier alpha value is -1.71. The molecule has 0 aromatic heterocycles. The third kappa shape index (κ3) is 3.69. The average Bonchev–Trinajstić information content (AvgIpc) is 2.74. The zero-order chi connectivity index (χ0) is 15.6. The van der Waals surface area contributed by atoms with Crippen LogP contribution in [0.15, 0.2) is 12.1 Å². The fraction of sp³-hybridized carbons (Fsp3) is 0.588. The molecule has 0 radical (unpaired) electrons. The number of hydrogen-bond donors (Lipinski definition) is 1. The van der Waals surface area contributed by atoms with Crippen molar-refractivity contribution in [2.75, 3.05) is 6.61 Å². The first-order valence-electron chi connectivity index (χ1n) is 7.54. The van der Waals surface area contributed by atoms with Gasteiger partial charge in [-0.15, -0.1) is 0 Å². The van der Waals surface area contributed by atoms with Gasteiger partial charge in [0.2, 0.25) is 5.91 Å². The summed E-state index contributed by atoms with van der Waals surface area (Å²) in [7, 11) is 0. The van der Waals surface area contributed by atoms with Crippen LogP contribution in [0.1, 0.15) is 45.7 Å². The van der Waals surface area contributed by atoms with Crippen molar-refractivity contribution >= 4 is 5.91 Å². The standard InChI is InChI=1S/C17H25NO3/c1-6-20-14-8-12-7-11(2)21-15(12)9-13(14)10-18-16(19)17(3,4)5/h8-9,11H,6-7,10H2,1-5H3,(H,18,19). The summed E-state index contributed by atoms with van der Waals surface area (Å²) >= 11 is 0. The van der Waals surface area contributed by atoms with Gasteiger partial charge in [-0.2, -0.15) is 0 Å². The van der Waals surface area contributed by atoms with Crippen LogP contribution in [0, 0.1) is 5.41 Å². The van der Waals surface area contributed by atoms with E-state index in [0.717, 1.165) is 23.5 Å². The second kappa shape index (κ2) is 5.96. The molecule has 0 fully saturated rings. The maximum Gasteiger partial charge on any atom is 0.225 e. The predicted octanol–water partition coefficient (Wildman–Crippen LogP) is 3.07. The van der Waals surface area contributed by atoms with Crippen molar-refractivity contribution in [3.05, 3.63) is 23.3 Å². The molecule has 4 nitrogen and oxygen atoms in total. The first kappa shape index (κ1) is 15.7. The molecule has 1 N–H and O–H groups in total. The van der Waals surface area contributed by atoms with Crippen molar-refractivity contribution in [1.29, 1.82) is 0 Å². The van der Waals surface area contributed by atoms with E-state index in [0.29, 0.717) is 13.2 Å². The molecular formula is C17H25NO3. The zero-order valence-corrected chi connectivity index (χ0v) is 13.6. The smallest absolute Gasteiger partial charge is 0.225 e. The summed E-state index contributed by atoms with van der Waals surface area (Å²) < 4.78 is 11.5. The summed E-state index contributed by atoms with van der Waals surface area (Å²) in [6.07, 6.45) is 1.11. The molecular weight excluding hydrogens is 266 g/mol. The lowest BCUT2D eigenvalue weighted by Gasteiger charge is -2.19. The number of carbonyl (C=O) groups excluding carboxylic acids is 1. The fourth-order valence-corrected chi connectivity index (χ4v) is 2.35. The lowest BCUT2D eigenvalue weighted by Crippen LogP contribution is -2.34. The highest BCUT2D eigenvalue weighted by molar-refractivity contribution is 5.81. The summed E-state index contributed by atoms with van der Waals surface area (Å²) in [5, 5.41) is 2.97. The van der Waals surface area contributed by atoms with E-state index in [1.807, 2.05) is 39.8 Å². The van der Waals surface area contributed by atoms with E-state index < -0.39 is 5.41 Å². The van der Waals surface area contributed by atoms with E-state index in [-0.39, 0.29) is 12.0 Å². The lowest BCUT2D eigenvalue weighted by molar-refractivity contribution is -0.128. The van der Waals surface area contributed by atoms with E-state index >= 15 is 0 Å². The minimum atomic E-state index is -0.395. The van der Waals surface area contributed by atoms with Gasteiger partial charge < -0.3 is 14.8 Å². The fourth-order valence-electron chi connectivity index (χ4n) is 2.35. The Balaban J connectivity index is 2.18. The van der Waals surface area contributed by atoms with Gasteiger partial charge in [0.1, 0.15) is 17.6 Å². The minimum Gasteiger partial charge on any atom is -0.494 e. The monoisotopic (exact) mass is 291 g/mol. The van der Waals surface area contributed by atoms with E-state index in [1.165, 1.54) is 5.56 Å². The third-order valence-electron chi connectivity index (χ3n) is 3.50. The van der Waals surface area contributed by atoms with Crippen molar-refractivity contribution in [2.45, 2.75) is 53.7 Å². The molecule has 21 heavy (non-hydrogen) atoms. The largest absolute Gasteiger partial charge is 0.494 e. The van der Waals surface area contributed by atoms with E-state index in [4.69, 9.17) is 9.47 Å². The van der Waals surface area contributed by atoms with Crippen LogP contribution in [0.5, 0.6) is 11.5 Å². The Bertz CT molecular complexity index is 532. The van der Waals surface area contributed by atoms with Crippen molar-refractivity contribution in [3.8, 4) is 11.5 Å². The van der Waals surface area contributed by atoms with Crippen LogP contribution >= 0.6 is 0 Å². The normalized spacial score (nSPS) is 17.1. The Morgan fingerprint density at radius 3 is 2.76 bits per heavy atom. The molecule has 0 bridgehead atoms. The highest BCUT2D eigenvalue weighted by Gasteiger charge is 2.24. The lowest BCUT2D eigenvalue weighted by atomic mass is 9.95. The molecule has 1 heterocycles. The summed E-state index contributed by atoms with van der Waals surface area (Å²) in [5.74, 6) is 1.77. The van der Waals surface area contributed by atoms with Gasteiger partial charge in [0, 0.05) is 29.5 Å². The molecule has 1 atom stereocenters.